The Kier molecular flexibility index (Phi) is 4.88. The van der Waals surface area contributed by atoms with E-state index in [1.165, 1.54) is 0 Å². The Labute approximate surface area is 126 Å². The highest BCUT2D eigenvalue weighted by Crippen LogP contribution is 2.19. The van der Waals surface area contributed by atoms with Crippen LogP contribution in [0.1, 0.15) is 29.3 Å². The van der Waals surface area contributed by atoms with Gasteiger partial charge in [0.15, 0.2) is 9.84 Å². The van der Waals surface area contributed by atoms with E-state index in [0.29, 0.717) is 18.5 Å². The van der Waals surface area contributed by atoms with Crippen LogP contribution in [0.15, 0.2) is 18.2 Å². The number of sulfone groups is 1. The molecule has 1 aliphatic rings. The summed E-state index contributed by atoms with van der Waals surface area (Å²) in [5.74, 6) is 0.298. The van der Waals surface area contributed by atoms with Crippen LogP contribution in [0.25, 0.3) is 0 Å². The minimum absolute atomic E-state index is 0.0337. The Balaban J connectivity index is 2.02. The molecule has 0 aromatic heterocycles. The molecule has 0 bridgehead atoms. The van der Waals surface area contributed by atoms with E-state index in [-0.39, 0.29) is 23.3 Å². The second-order valence-electron chi connectivity index (χ2n) is 5.56. The van der Waals surface area contributed by atoms with E-state index in [1.54, 1.807) is 0 Å². The smallest absolute Gasteiger partial charge is 0.253 e. The van der Waals surface area contributed by atoms with E-state index in [9.17, 15) is 13.2 Å². The number of carbonyl (C=O) groups excluding carboxylic acids is 1. The first kappa shape index (κ1) is 15.8. The van der Waals surface area contributed by atoms with Gasteiger partial charge in [0.1, 0.15) is 0 Å². The van der Waals surface area contributed by atoms with Crippen molar-refractivity contribution in [2.45, 2.75) is 20.3 Å². The van der Waals surface area contributed by atoms with Crippen molar-refractivity contribution < 1.29 is 13.2 Å². The van der Waals surface area contributed by atoms with Gasteiger partial charge >= 0.3 is 0 Å². The Bertz CT molecular complexity index is 626. The average Bonchev–Trinajstić information content (AvgIpc) is 2.78. The van der Waals surface area contributed by atoms with Crippen LogP contribution in [0, 0.1) is 12.8 Å². The van der Waals surface area contributed by atoms with Gasteiger partial charge in [-0.15, -0.1) is 0 Å². The number of anilines is 1. The summed E-state index contributed by atoms with van der Waals surface area (Å²) in [7, 11) is -2.90. The highest BCUT2D eigenvalue weighted by molar-refractivity contribution is 7.91. The van der Waals surface area contributed by atoms with Gasteiger partial charge in [-0.3, -0.25) is 4.79 Å². The van der Waals surface area contributed by atoms with Gasteiger partial charge in [0.05, 0.1) is 17.1 Å². The lowest BCUT2D eigenvalue weighted by molar-refractivity contribution is 0.0949. The zero-order valence-corrected chi connectivity index (χ0v) is 13.3. The molecule has 1 aliphatic heterocycles. The molecule has 2 N–H and O–H groups in total. The molecule has 1 aromatic carbocycles. The molecule has 5 nitrogen and oxygen atoms in total. The van der Waals surface area contributed by atoms with Gasteiger partial charge in [0.2, 0.25) is 0 Å². The summed E-state index contributed by atoms with van der Waals surface area (Å²) < 4.78 is 22.8. The van der Waals surface area contributed by atoms with Crippen LogP contribution in [-0.2, 0) is 9.84 Å². The number of rotatable bonds is 5. The third kappa shape index (κ3) is 4.20. The van der Waals surface area contributed by atoms with Crippen molar-refractivity contribution in [2.75, 3.05) is 29.9 Å². The standard InChI is InChI=1S/C15H22N2O3S/c1-3-16-14-5-4-11(2)8-13(14)15(18)17-9-12-6-7-21(19,20)10-12/h4-5,8,12,16H,3,6-7,9-10H2,1-2H3,(H,17,18). The van der Waals surface area contributed by atoms with Gasteiger partial charge in [-0.05, 0) is 38.3 Å². The van der Waals surface area contributed by atoms with Gasteiger partial charge < -0.3 is 10.6 Å². The number of hydrogen-bond donors (Lipinski definition) is 2. The average molecular weight is 310 g/mol. The fraction of sp³-hybridized carbons (Fsp3) is 0.533. The summed E-state index contributed by atoms with van der Waals surface area (Å²) in [5, 5.41) is 6.03. The molecule has 116 valence electrons. The summed E-state index contributed by atoms with van der Waals surface area (Å²) >= 11 is 0. The molecule has 1 unspecified atom stereocenters. The van der Waals surface area contributed by atoms with Crippen molar-refractivity contribution in [1.29, 1.82) is 0 Å². The molecular formula is C15H22N2O3S. The van der Waals surface area contributed by atoms with Crippen LogP contribution < -0.4 is 10.6 Å². The molecular weight excluding hydrogens is 288 g/mol. The van der Waals surface area contributed by atoms with Gasteiger partial charge in [0, 0.05) is 18.8 Å². The molecule has 1 fully saturated rings. The molecule has 0 radical (unpaired) electrons. The normalized spacial score (nSPS) is 20.2. The molecule has 1 saturated heterocycles. The van der Waals surface area contributed by atoms with Crippen LogP contribution in [0.2, 0.25) is 0 Å². The second-order valence-corrected chi connectivity index (χ2v) is 7.79. The largest absolute Gasteiger partial charge is 0.385 e. The second kappa shape index (κ2) is 6.47. The number of aryl methyl sites for hydroxylation is 1. The lowest BCUT2D eigenvalue weighted by Gasteiger charge is -2.14. The Morgan fingerprint density at radius 1 is 1.38 bits per heavy atom. The van der Waals surface area contributed by atoms with Gasteiger partial charge in [0.25, 0.3) is 5.91 Å². The van der Waals surface area contributed by atoms with Gasteiger partial charge in [-0.2, -0.15) is 0 Å². The van der Waals surface area contributed by atoms with Crippen LogP contribution in [0.3, 0.4) is 0 Å². The zero-order valence-electron chi connectivity index (χ0n) is 12.5. The fourth-order valence-electron chi connectivity index (χ4n) is 2.56. The summed E-state index contributed by atoms with van der Waals surface area (Å²) in [6.45, 7) is 5.07. The van der Waals surface area contributed by atoms with Crippen molar-refractivity contribution in [3.63, 3.8) is 0 Å². The van der Waals surface area contributed by atoms with Crippen molar-refractivity contribution in [2.24, 2.45) is 5.92 Å². The Morgan fingerprint density at radius 2 is 2.14 bits per heavy atom. The molecule has 1 heterocycles. The maximum Gasteiger partial charge on any atom is 0.253 e. The highest BCUT2D eigenvalue weighted by atomic mass is 32.2. The molecule has 1 aromatic rings. The van der Waals surface area contributed by atoms with E-state index >= 15 is 0 Å². The monoisotopic (exact) mass is 310 g/mol. The predicted octanol–water partition coefficient (Wildman–Crippen LogP) is 1.59. The molecule has 0 saturated carbocycles. The summed E-state index contributed by atoms with van der Waals surface area (Å²) in [5.41, 5.74) is 2.43. The topological polar surface area (TPSA) is 75.3 Å². The third-order valence-corrected chi connectivity index (χ3v) is 5.50. The number of nitrogens with one attached hydrogen (secondary N) is 2. The number of carbonyl (C=O) groups is 1. The van der Waals surface area contributed by atoms with E-state index in [1.807, 2.05) is 32.0 Å². The van der Waals surface area contributed by atoms with Crippen molar-refractivity contribution in [3.05, 3.63) is 29.3 Å². The number of amides is 1. The van der Waals surface area contributed by atoms with Crippen LogP contribution >= 0.6 is 0 Å². The van der Waals surface area contributed by atoms with Gasteiger partial charge in [-0.1, -0.05) is 11.6 Å². The molecule has 6 heteroatoms. The molecule has 0 spiro atoms. The first-order chi connectivity index (χ1) is 9.91. The molecule has 1 amide bonds. The molecule has 21 heavy (non-hydrogen) atoms. The lowest BCUT2D eigenvalue weighted by atomic mass is 10.1. The first-order valence-electron chi connectivity index (χ1n) is 7.24. The van der Waals surface area contributed by atoms with E-state index in [4.69, 9.17) is 0 Å². The number of hydrogen-bond acceptors (Lipinski definition) is 4. The number of benzene rings is 1. The SMILES string of the molecule is CCNc1ccc(C)cc1C(=O)NCC1CCS(=O)(=O)C1. The predicted molar refractivity (Wildman–Crippen MR) is 84.4 cm³/mol. The maximum absolute atomic E-state index is 12.3. The van der Waals surface area contributed by atoms with E-state index in [2.05, 4.69) is 10.6 Å². The summed E-state index contributed by atoms with van der Waals surface area (Å²) in [6.07, 6.45) is 0.635. The highest BCUT2D eigenvalue weighted by Gasteiger charge is 2.28. The van der Waals surface area contributed by atoms with Crippen molar-refractivity contribution in [1.82, 2.24) is 5.32 Å². The Morgan fingerprint density at radius 3 is 2.76 bits per heavy atom. The fourth-order valence-corrected chi connectivity index (χ4v) is 4.42. The maximum atomic E-state index is 12.3. The minimum Gasteiger partial charge on any atom is -0.385 e. The van der Waals surface area contributed by atoms with E-state index in [0.717, 1.165) is 17.8 Å². The quantitative estimate of drug-likeness (QED) is 0.866. The van der Waals surface area contributed by atoms with Crippen molar-refractivity contribution >= 4 is 21.4 Å². The van der Waals surface area contributed by atoms with Crippen LogP contribution in [0.5, 0.6) is 0 Å². The molecule has 0 aliphatic carbocycles. The zero-order chi connectivity index (χ0) is 15.5. The van der Waals surface area contributed by atoms with Gasteiger partial charge in [-0.25, -0.2) is 8.42 Å². The lowest BCUT2D eigenvalue weighted by Crippen LogP contribution is -2.30. The van der Waals surface area contributed by atoms with Crippen LogP contribution in [-0.4, -0.2) is 38.9 Å². The summed E-state index contributed by atoms with van der Waals surface area (Å²) in [6, 6.07) is 5.70. The molecule has 1 atom stereocenters. The third-order valence-electron chi connectivity index (χ3n) is 3.66. The minimum atomic E-state index is -2.90. The van der Waals surface area contributed by atoms with E-state index < -0.39 is 9.84 Å². The Hall–Kier alpha value is -1.56. The molecule has 2 rings (SSSR count). The van der Waals surface area contributed by atoms with Crippen molar-refractivity contribution in [3.8, 4) is 0 Å². The first-order valence-corrected chi connectivity index (χ1v) is 9.06. The van der Waals surface area contributed by atoms with Crippen LogP contribution in [0.4, 0.5) is 5.69 Å². The summed E-state index contributed by atoms with van der Waals surface area (Å²) in [4.78, 5) is 12.3.